The Morgan fingerprint density at radius 2 is 2.32 bits per heavy atom. The van der Waals surface area contributed by atoms with E-state index in [0.717, 1.165) is 0 Å². The van der Waals surface area contributed by atoms with E-state index in [9.17, 15) is 14.9 Å². The molecule has 0 aromatic carbocycles. The summed E-state index contributed by atoms with van der Waals surface area (Å²) in [7, 11) is 1.52. The Morgan fingerprint density at radius 3 is 2.89 bits per heavy atom. The number of anilines is 2. The van der Waals surface area contributed by atoms with E-state index in [1.807, 2.05) is 13.8 Å². The minimum absolute atomic E-state index is 0.0376. The van der Waals surface area contributed by atoms with Crippen LogP contribution in [0.4, 0.5) is 11.8 Å². The lowest BCUT2D eigenvalue weighted by Crippen LogP contribution is -2.37. The van der Waals surface area contributed by atoms with Gasteiger partial charge in [-0.2, -0.15) is 10.2 Å². The molecule has 1 atom stereocenters. The molecule has 10 nitrogen and oxygen atoms in total. The van der Waals surface area contributed by atoms with E-state index in [4.69, 9.17) is 5.73 Å². The fourth-order valence-corrected chi connectivity index (χ4v) is 2.84. The van der Waals surface area contributed by atoms with Gasteiger partial charge in [0, 0.05) is 32.2 Å². The molecule has 0 spiro atoms. The van der Waals surface area contributed by atoms with Crippen LogP contribution in [0, 0.1) is 22.7 Å². The lowest BCUT2D eigenvalue weighted by atomic mass is 9.77. The van der Waals surface area contributed by atoms with Gasteiger partial charge >= 0.3 is 0 Å². The number of nitrogens with one attached hydrogen (secondary N) is 2. The highest BCUT2D eigenvalue weighted by Crippen LogP contribution is 2.39. The number of allylic oxidation sites excluding steroid dienone is 1. The topological polar surface area (TPSA) is 149 Å². The minimum atomic E-state index is -1.03. The summed E-state index contributed by atoms with van der Waals surface area (Å²) in [6.45, 7) is 4.11. The van der Waals surface area contributed by atoms with Gasteiger partial charge in [-0.3, -0.25) is 19.5 Å². The molecule has 2 amide bonds. The number of likely N-dealkylation sites (N-methyl/N-ethyl adjacent to an activating group) is 1. The number of aliphatic imine (C=N–C) groups is 1. The SMILES string of the molecule is CNC(=O)CN=CC(=CN)Nc1nccc(N2CCC(C#N)(C(C)C)C2=O)n1. The summed E-state index contributed by atoms with van der Waals surface area (Å²) in [4.78, 5) is 38.0. The number of carbonyl (C=O) groups is 2. The van der Waals surface area contributed by atoms with Crippen molar-refractivity contribution in [2.45, 2.75) is 20.3 Å². The van der Waals surface area contributed by atoms with E-state index in [1.165, 1.54) is 30.6 Å². The van der Waals surface area contributed by atoms with E-state index in [-0.39, 0.29) is 30.2 Å². The Labute approximate surface area is 163 Å². The van der Waals surface area contributed by atoms with Crippen LogP contribution in [0.5, 0.6) is 0 Å². The van der Waals surface area contributed by atoms with Gasteiger partial charge in [0.25, 0.3) is 0 Å². The van der Waals surface area contributed by atoms with E-state index in [1.54, 1.807) is 6.07 Å². The van der Waals surface area contributed by atoms with Crippen molar-refractivity contribution in [3.8, 4) is 6.07 Å². The summed E-state index contributed by atoms with van der Waals surface area (Å²) in [5, 5.41) is 14.9. The molecule has 1 aromatic rings. The number of carbonyl (C=O) groups excluding carboxylic acids is 2. The second-order valence-electron chi connectivity index (χ2n) is 6.57. The van der Waals surface area contributed by atoms with Crippen LogP contribution >= 0.6 is 0 Å². The third-order valence-electron chi connectivity index (χ3n) is 4.64. The zero-order valence-electron chi connectivity index (χ0n) is 16.1. The Kier molecular flexibility index (Phi) is 6.65. The van der Waals surface area contributed by atoms with Crippen molar-refractivity contribution in [2.24, 2.45) is 22.1 Å². The molecule has 28 heavy (non-hydrogen) atoms. The number of hydrogen-bond donors (Lipinski definition) is 3. The van der Waals surface area contributed by atoms with Crippen molar-refractivity contribution >= 4 is 29.8 Å². The fraction of sp³-hybridized carbons (Fsp3) is 0.444. The molecule has 1 aliphatic rings. The Bertz CT molecular complexity index is 842. The van der Waals surface area contributed by atoms with Crippen molar-refractivity contribution < 1.29 is 9.59 Å². The predicted octanol–water partition coefficient (Wildman–Crippen LogP) is 0.408. The van der Waals surface area contributed by atoms with Crippen molar-refractivity contribution in [3.05, 3.63) is 24.2 Å². The fourth-order valence-electron chi connectivity index (χ4n) is 2.84. The third kappa shape index (κ3) is 4.25. The average molecular weight is 384 g/mol. The van der Waals surface area contributed by atoms with Gasteiger partial charge < -0.3 is 16.4 Å². The number of nitriles is 1. The lowest BCUT2D eigenvalue weighted by Gasteiger charge is -2.24. The number of nitrogens with two attached hydrogens (primary N) is 1. The molecule has 0 saturated carbocycles. The third-order valence-corrected chi connectivity index (χ3v) is 4.64. The van der Waals surface area contributed by atoms with E-state index >= 15 is 0 Å². The van der Waals surface area contributed by atoms with Crippen molar-refractivity contribution in [2.75, 3.05) is 30.4 Å². The number of aromatic nitrogens is 2. The standard InChI is InChI=1S/C18H24N8O2/c1-12(2)18(11-20)5-7-26(16(18)28)14-4-6-23-17(25-14)24-13(8-19)9-22-10-15(27)21-3/h4,6,8-9,12H,5,7,10,19H2,1-3H3,(H,21,27)(H,23,24,25). The normalized spacial score (nSPS) is 19.9. The minimum Gasteiger partial charge on any atom is -0.403 e. The zero-order chi connectivity index (χ0) is 20.7. The van der Waals surface area contributed by atoms with Crippen LogP contribution in [0.15, 0.2) is 29.2 Å². The van der Waals surface area contributed by atoms with Gasteiger partial charge in [0.05, 0.1) is 11.8 Å². The van der Waals surface area contributed by atoms with Crippen LogP contribution in [0.3, 0.4) is 0 Å². The maximum Gasteiger partial charge on any atom is 0.248 e. The molecule has 0 radical (unpaired) electrons. The molecule has 1 fully saturated rings. The number of hydrogen-bond acceptors (Lipinski definition) is 8. The molecule has 1 aromatic heterocycles. The van der Waals surface area contributed by atoms with Gasteiger partial charge in [-0.05, 0) is 18.4 Å². The summed E-state index contributed by atoms with van der Waals surface area (Å²) in [6.07, 6.45) is 4.62. The highest BCUT2D eigenvalue weighted by Gasteiger charge is 2.50. The van der Waals surface area contributed by atoms with Gasteiger partial charge in [-0.25, -0.2) is 4.98 Å². The van der Waals surface area contributed by atoms with Crippen LogP contribution in [-0.4, -0.2) is 48.1 Å². The van der Waals surface area contributed by atoms with Gasteiger partial charge in [-0.15, -0.1) is 0 Å². The van der Waals surface area contributed by atoms with Gasteiger partial charge in [-0.1, -0.05) is 13.8 Å². The van der Waals surface area contributed by atoms with E-state index in [0.29, 0.717) is 24.5 Å². The molecule has 2 heterocycles. The maximum atomic E-state index is 12.9. The molecule has 0 aliphatic carbocycles. The number of rotatable bonds is 7. The molecule has 4 N–H and O–H groups in total. The molecular weight excluding hydrogens is 360 g/mol. The largest absolute Gasteiger partial charge is 0.403 e. The first kappa shape index (κ1) is 20.8. The second kappa shape index (κ2) is 8.94. The van der Waals surface area contributed by atoms with Crippen LogP contribution in [0.1, 0.15) is 20.3 Å². The first-order valence-electron chi connectivity index (χ1n) is 8.83. The van der Waals surface area contributed by atoms with E-state index < -0.39 is 5.41 Å². The van der Waals surface area contributed by atoms with Crippen LogP contribution in [0.2, 0.25) is 0 Å². The molecule has 10 heteroatoms. The highest BCUT2D eigenvalue weighted by atomic mass is 16.2. The van der Waals surface area contributed by atoms with Crippen LogP contribution in [-0.2, 0) is 9.59 Å². The Balaban J connectivity index is 2.16. The summed E-state index contributed by atoms with van der Waals surface area (Å²) < 4.78 is 0. The molecule has 1 aliphatic heterocycles. The molecule has 1 saturated heterocycles. The van der Waals surface area contributed by atoms with E-state index in [2.05, 4.69) is 31.7 Å². The van der Waals surface area contributed by atoms with Crippen molar-refractivity contribution in [1.82, 2.24) is 15.3 Å². The average Bonchev–Trinajstić information content (AvgIpc) is 3.04. The number of amides is 2. The first-order chi connectivity index (χ1) is 13.4. The zero-order valence-corrected chi connectivity index (χ0v) is 16.1. The summed E-state index contributed by atoms with van der Waals surface area (Å²) in [6, 6.07) is 3.81. The second-order valence-corrected chi connectivity index (χ2v) is 6.57. The molecule has 1 unspecified atom stereocenters. The molecule has 148 valence electrons. The van der Waals surface area contributed by atoms with Gasteiger partial charge in [0.2, 0.25) is 17.8 Å². The molecule has 2 rings (SSSR count). The summed E-state index contributed by atoms with van der Waals surface area (Å²) >= 11 is 0. The Hall–Kier alpha value is -3.48. The monoisotopic (exact) mass is 384 g/mol. The summed E-state index contributed by atoms with van der Waals surface area (Å²) in [5.74, 6) is 0.0324. The van der Waals surface area contributed by atoms with Crippen LogP contribution < -0.4 is 21.3 Å². The first-order valence-corrected chi connectivity index (χ1v) is 8.83. The highest BCUT2D eigenvalue weighted by molar-refractivity contribution is 6.01. The smallest absolute Gasteiger partial charge is 0.248 e. The van der Waals surface area contributed by atoms with Crippen molar-refractivity contribution in [3.63, 3.8) is 0 Å². The predicted molar refractivity (Wildman–Crippen MR) is 105 cm³/mol. The quantitative estimate of drug-likeness (QED) is 0.576. The number of nitrogens with zero attached hydrogens (tertiary/aromatic N) is 5. The summed E-state index contributed by atoms with van der Waals surface area (Å²) in [5.41, 5.74) is 4.92. The van der Waals surface area contributed by atoms with Gasteiger partial charge in [0.15, 0.2) is 0 Å². The van der Waals surface area contributed by atoms with Crippen LogP contribution in [0.25, 0.3) is 0 Å². The maximum absolute atomic E-state index is 12.9. The van der Waals surface area contributed by atoms with Crippen molar-refractivity contribution in [1.29, 1.82) is 5.26 Å². The molecule has 0 bridgehead atoms. The van der Waals surface area contributed by atoms with Gasteiger partial charge in [0.1, 0.15) is 17.8 Å². The Morgan fingerprint density at radius 1 is 1.57 bits per heavy atom. The lowest BCUT2D eigenvalue weighted by molar-refractivity contribution is -0.124. The molecular formula is C18H24N8O2.